The Hall–Kier alpha value is -4.39. The fourth-order valence-corrected chi connectivity index (χ4v) is 6.49. The average Bonchev–Trinajstić information content (AvgIpc) is 3.66. The molecule has 0 bridgehead atoms. The molecule has 4 atom stereocenters. The van der Waals surface area contributed by atoms with Gasteiger partial charge in [-0.3, -0.25) is 19.1 Å². The normalized spacial score (nSPS) is 20.5. The van der Waals surface area contributed by atoms with Gasteiger partial charge in [0, 0.05) is 49.4 Å². The van der Waals surface area contributed by atoms with Crippen LogP contribution in [0, 0.1) is 11.8 Å². The standard InChI is InChI=1S/C36H46N6O6/c1-25(11-6-8-19-41-23-31(39-40-41)29(24-43)26-12-4-3-5-13-26)36(47)30-21-28(38-34(45)27-14-10-18-37-22-27)16-17-32(30)42(35(36)46)20-9-7-15-33(44)48-2/h3-6,11-13,16-17,21,23,25,27,29,37,43,47H,7-10,14-15,18-20,22,24H2,1-2H3,(H,38,45)/b11-6+/t25-,27?,29?,36+/m0/s1. The van der Waals surface area contributed by atoms with Crippen LogP contribution in [0.3, 0.4) is 0 Å². The molecule has 256 valence electrons. The van der Waals surface area contributed by atoms with Gasteiger partial charge in [-0.25, -0.2) is 0 Å². The molecule has 1 saturated heterocycles. The highest BCUT2D eigenvalue weighted by Gasteiger charge is 2.52. The van der Waals surface area contributed by atoms with Gasteiger partial charge in [0.05, 0.1) is 36.9 Å². The predicted octanol–water partition coefficient (Wildman–Crippen LogP) is 3.50. The van der Waals surface area contributed by atoms with Crippen molar-refractivity contribution in [1.82, 2.24) is 20.3 Å². The van der Waals surface area contributed by atoms with Crippen LogP contribution in [-0.2, 0) is 31.3 Å². The summed E-state index contributed by atoms with van der Waals surface area (Å²) in [5, 5.41) is 36.9. The van der Waals surface area contributed by atoms with Crippen LogP contribution in [0.25, 0.3) is 0 Å². The highest BCUT2D eigenvalue weighted by molar-refractivity contribution is 6.08. The second kappa shape index (κ2) is 16.1. The minimum Gasteiger partial charge on any atom is -0.469 e. The van der Waals surface area contributed by atoms with Crippen LogP contribution in [0.2, 0.25) is 0 Å². The largest absolute Gasteiger partial charge is 0.469 e. The number of esters is 1. The summed E-state index contributed by atoms with van der Waals surface area (Å²) in [5.74, 6) is -1.85. The number of rotatable bonds is 15. The van der Waals surface area contributed by atoms with Crippen LogP contribution in [0.15, 0.2) is 66.9 Å². The van der Waals surface area contributed by atoms with E-state index in [1.807, 2.05) is 48.7 Å². The van der Waals surface area contributed by atoms with Gasteiger partial charge in [-0.2, -0.15) is 0 Å². The number of amides is 2. The lowest BCUT2D eigenvalue weighted by Gasteiger charge is -2.28. The molecule has 2 aliphatic heterocycles. The molecule has 2 aromatic carbocycles. The van der Waals surface area contributed by atoms with Crippen molar-refractivity contribution >= 4 is 29.2 Å². The molecule has 0 spiro atoms. The number of aryl methyl sites for hydroxylation is 1. The number of benzene rings is 2. The van der Waals surface area contributed by atoms with Crippen molar-refractivity contribution in [2.45, 2.75) is 63.5 Å². The minimum absolute atomic E-state index is 0.0836. The zero-order valence-electron chi connectivity index (χ0n) is 27.7. The lowest BCUT2D eigenvalue weighted by Crippen LogP contribution is -2.44. The van der Waals surface area contributed by atoms with E-state index in [2.05, 4.69) is 20.9 Å². The van der Waals surface area contributed by atoms with Crippen LogP contribution >= 0.6 is 0 Å². The highest BCUT2D eigenvalue weighted by Crippen LogP contribution is 2.46. The molecule has 0 radical (unpaired) electrons. The van der Waals surface area contributed by atoms with E-state index < -0.39 is 17.4 Å². The number of piperidine rings is 1. The van der Waals surface area contributed by atoms with Crippen molar-refractivity contribution < 1.29 is 29.3 Å². The van der Waals surface area contributed by atoms with Crippen molar-refractivity contribution in [1.29, 1.82) is 0 Å². The fraction of sp³-hybridized carbons (Fsp3) is 0.472. The van der Waals surface area contributed by atoms with Gasteiger partial charge in [0.1, 0.15) is 0 Å². The summed E-state index contributed by atoms with van der Waals surface area (Å²) in [6, 6.07) is 14.9. The number of carbonyl (C=O) groups is 3. The number of aliphatic hydroxyl groups is 2. The zero-order valence-corrected chi connectivity index (χ0v) is 27.7. The maximum atomic E-state index is 14.0. The van der Waals surface area contributed by atoms with Crippen LogP contribution in [0.4, 0.5) is 11.4 Å². The number of hydrogen-bond donors (Lipinski definition) is 4. The highest BCUT2D eigenvalue weighted by atomic mass is 16.5. The quantitative estimate of drug-likeness (QED) is 0.109. The van der Waals surface area contributed by atoms with Gasteiger partial charge >= 0.3 is 5.97 Å². The molecule has 12 heteroatoms. The Morgan fingerprint density at radius 3 is 2.73 bits per heavy atom. The van der Waals surface area contributed by atoms with Gasteiger partial charge < -0.3 is 30.5 Å². The Kier molecular flexibility index (Phi) is 11.7. The third-order valence-electron chi connectivity index (χ3n) is 9.35. The van der Waals surface area contributed by atoms with Crippen LogP contribution in [0.1, 0.15) is 68.2 Å². The number of ether oxygens (including phenoxy) is 1. The number of nitrogens with one attached hydrogen (secondary N) is 2. The maximum Gasteiger partial charge on any atom is 0.305 e. The number of hydrogen-bond acceptors (Lipinski definition) is 9. The molecule has 2 aliphatic rings. The number of aliphatic hydroxyl groups excluding tert-OH is 1. The van der Waals surface area contributed by atoms with Crippen molar-refractivity contribution in [3.05, 3.63) is 83.7 Å². The molecule has 3 heterocycles. The summed E-state index contributed by atoms with van der Waals surface area (Å²) >= 11 is 0. The molecule has 2 amide bonds. The maximum absolute atomic E-state index is 14.0. The number of methoxy groups -OCH3 is 1. The topological polar surface area (TPSA) is 159 Å². The van der Waals surface area contributed by atoms with E-state index in [-0.39, 0.29) is 36.7 Å². The van der Waals surface area contributed by atoms with Gasteiger partial charge in [0.15, 0.2) is 5.60 Å². The number of unbranched alkanes of at least 4 members (excludes halogenated alkanes) is 1. The number of fused-ring (bicyclic) bond motifs is 1. The number of aromatic nitrogens is 3. The number of nitrogens with zero attached hydrogens (tertiary/aromatic N) is 4. The molecular formula is C36H46N6O6. The molecule has 0 aliphatic carbocycles. The summed E-state index contributed by atoms with van der Waals surface area (Å²) in [6.07, 6.45) is 9.22. The Balaban J connectivity index is 1.29. The summed E-state index contributed by atoms with van der Waals surface area (Å²) in [7, 11) is 1.35. The molecule has 1 fully saturated rings. The van der Waals surface area contributed by atoms with E-state index in [0.29, 0.717) is 61.5 Å². The number of carbonyl (C=O) groups excluding carboxylic acids is 3. The predicted molar refractivity (Wildman–Crippen MR) is 181 cm³/mol. The van der Waals surface area contributed by atoms with Gasteiger partial charge in [-0.1, -0.05) is 54.6 Å². The van der Waals surface area contributed by atoms with Crippen LogP contribution < -0.4 is 15.5 Å². The summed E-state index contributed by atoms with van der Waals surface area (Å²) in [4.78, 5) is 40.2. The average molecular weight is 659 g/mol. The zero-order chi connectivity index (χ0) is 34.1. The molecule has 0 saturated carbocycles. The Bertz CT molecular complexity index is 1590. The van der Waals surface area contributed by atoms with Crippen molar-refractivity contribution in [2.75, 3.05) is 43.6 Å². The van der Waals surface area contributed by atoms with Gasteiger partial charge in [-0.15, -0.1) is 5.10 Å². The van der Waals surface area contributed by atoms with E-state index in [0.717, 1.165) is 24.9 Å². The molecule has 2 unspecified atom stereocenters. The monoisotopic (exact) mass is 658 g/mol. The molecule has 12 nitrogen and oxygen atoms in total. The van der Waals surface area contributed by atoms with E-state index in [1.54, 1.807) is 34.7 Å². The van der Waals surface area contributed by atoms with Crippen molar-refractivity contribution in [3.63, 3.8) is 0 Å². The minimum atomic E-state index is -1.86. The number of anilines is 2. The summed E-state index contributed by atoms with van der Waals surface area (Å²) in [6.45, 7) is 4.08. The molecular weight excluding hydrogens is 612 g/mol. The van der Waals surface area contributed by atoms with Crippen molar-refractivity contribution in [2.24, 2.45) is 11.8 Å². The molecule has 1 aromatic heterocycles. The van der Waals surface area contributed by atoms with Gasteiger partial charge in [0.2, 0.25) is 5.91 Å². The molecule has 3 aromatic rings. The van der Waals surface area contributed by atoms with E-state index in [1.165, 1.54) is 7.11 Å². The Morgan fingerprint density at radius 2 is 2.00 bits per heavy atom. The molecule has 4 N–H and O–H groups in total. The molecule has 48 heavy (non-hydrogen) atoms. The Labute approximate surface area is 281 Å². The van der Waals surface area contributed by atoms with Crippen LogP contribution in [-0.4, -0.2) is 76.3 Å². The summed E-state index contributed by atoms with van der Waals surface area (Å²) < 4.78 is 6.45. The van der Waals surface area contributed by atoms with Crippen molar-refractivity contribution in [3.8, 4) is 0 Å². The number of allylic oxidation sites excluding steroid dienone is 1. The molecule has 5 rings (SSSR count). The Morgan fingerprint density at radius 1 is 1.19 bits per heavy atom. The first-order valence-corrected chi connectivity index (χ1v) is 16.8. The fourth-order valence-electron chi connectivity index (χ4n) is 6.49. The smallest absolute Gasteiger partial charge is 0.305 e. The van der Waals surface area contributed by atoms with Gasteiger partial charge in [-0.05, 0) is 62.4 Å². The van der Waals surface area contributed by atoms with Crippen LogP contribution in [0.5, 0.6) is 0 Å². The lowest BCUT2D eigenvalue weighted by atomic mass is 9.82. The van der Waals surface area contributed by atoms with E-state index >= 15 is 0 Å². The summed E-state index contributed by atoms with van der Waals surface area (Å²) in [5.41, 5.74) is 1.34. The van der Waals surface area contributed by atoms with E-state index in [4.69, 9.17) is 4.74 Å². The third kappa shape index (κ3) is 7.83. The first-order valence-electron chi connectivity index (χ1n) is 16.8. The first-order chi connectivity index (χ1) is 23.3. The third-order valence-corrected chi connectivity index (χ3v) is 9.35. The second-order valence-corrected chi connectivity index (χ2v) is 12.6. The lowest BCUT2D eigenvalue weighted by molar-refractivity contribution is -0.140. The first kappa shape index (κ1) is 34.9. The SMILES string of the molecule is COC(=O)CCCCN1C(=O)[C@@](O)([C@@H](C)/C=C/CCn2cc(C(CO)c3ccccc3)nn2)c2cc(NC(=O)C3CCCNC3)ccc21. The van der Waals surface area contributed by atoms with E-state index in [9.17, 15) is 24.6 Å². The van der Waals surface area contributed by atoms with Gasteiger partial charge in [0.25, 0.3) is 5.91 Å². The second-order valence-electron chi connectivity index (χ2n) is 12.6.